The molecule has 0 spiro atoms. The van der Waals surface area contributed by atoms with E-state index in [-0.39, 0.29) is 11.5 Å². The normalized spacial score (nSPS) is 11.2. The van der Waals surface area contributed by atoms with Gasteiger partial charge < -0.3 is 14.5 Å². The zero-order chi connectivity index (χ0) is 19.5. The van der Waals surface area contributed by atoms with Crippen LogP contribution in [0.15, 0.2) is 65.6 Å². The predicted molar refractivity (Wildman–Crippen MR) is 110 cm³/mol. The number of H-pyrrole nitrogens is 1. The van der Waals surface area contributed by atoms with Crippen LogP contribution < -0.4 is 5.56 Å². The van der Waals surface area contributed by atoms with Crippen molar-refractivity contribution < 1.29 is 4.79 Å². The Labute approximate surface area is 162 Å². The Morgan fingerprint density at radius 2 is 1.89 bits per heavy atom. The lowest BCUT2D eigenvalue weighted by atomic mass is 10.2. The molecule has 1 N–H and O–H groups in total. The summed E-state index contributed by atoms with van der Waals surface area (Å²) in [7, 11) is 0. The number of aromatic amines is 1. The van der Waals surface area contributed by atoms with Crippen molar-refractivity contribution in [2.75, 3.05) is 6.54 Å². The summed E-state index contributed by atoms with van der Waals surface area (Å²) in [6.45, 7) is 3.40. The van der Waals surface area contributed by atoms with Crippen LogP contribution >= 0.6 is 0 Å². The van der Waals surface area contributed by atoms with Crippen LogP contribution in [0.3, 0.4) is 0 Å². The third-order valence-electron chi connectivity index (χ3n) is 4.98. The summed E-state index contributed by atoms with van der Waals surface area (Å²) < 4.78 is 2.09. The van der Waals surface area contributed by atoms with Crippen molar-refractivity contribution >= 4 is 27.7 Å². The van der Waals surface area contributed by atoms with Crippen molar-refractivity contribution in [3.63, 3.8) is 0 Å². The lowest BCUT2D eigenvalue weighted by molar-refractivity contribution is -0.131. The third-order valence-corrected chi connectivity index (χ3v) is 4.98. The summed E-state index contributed by atoms with van der Waals surface area (Å²) in [5.74, 6) is 0.543. The van der Waals surface area contributed by atoms with E-state index in [2.05, 4.69) is 32.7 Å². The second-order valence-electron chi connectivity index (χ2n) is 6.76. The van der Waals surface area contributed by atoms with Crippen molar-refractivity contribution in [3.05, 3.63) is 77.0 Å². The highest BCUT2D eigenvalue weighted by atomic mass is 16.2. The smallest absolute Gasteiger partial charge is 0.258 e. The molecule has 0 unspecified atom stereocenters. The number of carbonyl (C=O) groups excluding carboxylic acids is 1. The van der Waals surface area contributed by atoms with Gasteiger partial charge in [-0.3, -0.25) is 9.59 Å². The lowest BCUT2D eigenvalue weighted by Gasteiger charge is -2.20. The Morgan fingerprint density at radius 1 is 1.11 bits per heavy atom. The van der Waals surface area contributed by atoms with Gasteiger partial charge in [0.05, 0.1) is 17.4 Å². The minimum absolute atomic E-state index is 0.0380. The number of benzene rings is 2. The first-order chi connectivity index (χ1) is 13.7. The van der Waals surface area contributed by atoms with Gasteiger partial charge in [0.25, 0.3) is 5.56 Å². The molecule has 4 rings (SSSR count). The fourth-order valence-electron chi connectivity index (χ4n) is 3.48. The van der Waals surface area contributed by atoms with Gasteiger partial charge in [0.15, 0.2) is 0 Å². The number of para-hydroxylation sites is 2. The maximum Gasteiger partial charge on any atom is 0.258 e. The van der Waals surface area contributed by atoms with Gasteiger partial charge in [0.2, 0.25) is 5.91 Å². The number of hydrogen-bond acceptors (Lipinski definition) is 3. The summed E-state index contributed by atoms with van der Waals surface area (Å²) in [5, 5.41) is 1.72. The quantitative estimate of drug-likeness (QED) is 0.563. The standard InChI is InChI=1S/C22H22N4O2/c1-2-25(15-20-23-18-9-5-4-8-17(18)22(28)24-20)21(27)12-14-26-13-11-16-7-3-6-10-19(16)26/h3-11,13H,2,12,14-15H2,1H3,(H,23,24,28). The van der Waals surface area contributed by atoms with E-state index in [9.17, 15) is 9.59 Å². The van der Waals surface area contributed by atoms with Gasteiger partial charge in [-0.2, -0.15) is 0 Å². The molecule has 28 heavy (non-hydrogen) atoms. The topological polar surface area (TPSA) is 71.0 Å². The molecule has 0 bridgehead atoms. The van der Waals surface area contributed by atoms with E-state index in [1.165, 1.54) is 5.39 Å². The first kappa shape index (κ1) is 18.0. The van der Waals surface area contributed by atoms with Crippen LogP contribution in [0, 0.1) is 0 Å². The van der Waals surface area contributed by atoms with E-state index < -0.39 is 0 Å². The molecule has 0 saturated heterocycles. The molecule has 0 aliphatic carbocycles. The van der Waals surface area contributed by atoms with Crippen molar-refractivity contribution in [1.29, 1.82) is 0 Å². The number of aryl methyl sites for hydroxylation is 1. The van der Waals surface area contributed by atoms with Crippen LogP contribution in [0.1, 0.15) is 19.2 Å². The number of hydrogen-bond donors (Lipinski definition) is 1. The minimum Gasteiger partial charge on any atom is -0.347 e. The Kier molecular flexibility index (Phi) is 4.93. The largest absolute Gasteiger partial charge is 0.347 e. The zero-order valence-electron chi connectivity index (χ0n) is 15.8. The van der Waals surface area contributed by atoms with Gasteiger partial charge in [-0.1, -0.05) is 30.3 Å². The Morgan fingerprint density at radius 3 is 2.75 bits per heavy atom. The second kappa shape index (κ2) is 7.68. The molecule has 1 amide bonds. The SMILES string of the molecule is CCN(Cc1nc2ccccc2c(=O)[nH]1)C(=O)CCn1ccc2ccccc21. The molecule has 6 nitrogen and oxygen atoms in total. The summed E-state index contributed by atoms with van der Waals surface area (Å²) in [5.41, 5.74) is 1.59. The number of nitrogens with one attached hydrogen (secondary N) is 1. The van der Waals surface area contributed by atoms with E-state index in [4.69, 9.17) is 0 Å². The number of aromatic nitrogens is 3. The molecule has 0 aliphatic heterocycles. The fourth-order valence-corrected chi connectivity index (χ4v) is 3.48. The highest BCUT2D eigenvalue weighted by Crippen LogP contribution is 2.16. The molecule has 0 radical (unpaired) electrons. The highest BCUT2D eigenvalue weighted by Gasteiger charge is 2.15. The number of carbonyl (C=O) groups is 1. The first-order valence-corrected chi connectivity index (χ1v) is 9.45. The molecule has 0 aliphatic rings. The molecule has 0 fully saturated rings. The van der Waals surface area contributed by atoms with Crippen LogP contribution in [0.5, 0.6) is 0 Å². The molecular weight excluding hydrogens is 352 g/mol. The average Bonchev–Trinajstić information content (AvgIpc) is 3.13. The number of fused-ring (bicyclic) bond motifs is 2. The van der Waals surface area contributed by atoms with Crippen LogP contribution in [0.25, 0.3) is 21.8 Å². The van der Waals surface area contributed by atoms with Crippen LogP contribution in [0.4, 0.5) is 0 Å². The van der Waals surface area contributed by atoms with Crippen molar-refractivity contribution in [2.45, 2.75) is 26.4 Å². The average molecular weight is 374 g/mol. The van der Waals surface area contributed by atoms with E-state index in [0.717, 1.165) is 5.52 Å². The molecule has 2 aromatic carbocycles. The molecule has 0 saturated carbocycles. The number of rotatable bonds is 6. The van der Waals surface area contributed by atoms with Crippen molar-refractivity contribution in [1.82, 2.24) is 19.4 Å². The maximum atomic E-state index is 12.8. The predicted octanol–water partition coefficient (Wildman–Crippen LogP) is 3.32. The van der Waals surface area contributed by atoms with E-state index >= 15 is 0 Å². The second-order valence-corrected chi connectivity index (χ2v) is 6.76. The van der Waals surface area contributed by atoms with Gasteiger partial charge >= 0.3 is 0 Å². The van der Waals surface area contributed by atoms with Gasteiger partial charge in [0.1, 0.15) is 5.82 Å². The highest BCUT2D eigenvalue weighted by molar-refractivity contribution is 5.81. The van der Waals surface area contributed by atoms with E-state index in [1.54, 1.807) is 11.0 Å². The minimum atomic E-state index is -0.178. The van der Waals surface area contributed by atoms with Crippen molar-refractivity contribution in [3.8, 4) is 0 Å². The molecule has 4 aromatic rings. The van der Waals surface area contributed by atoms with E-state index in [0.29, 0.717) is 42.8 Å². The van der Waals surface area contributed by atoms with Gasteiger partial charge in [-0.05, 0) is 36.6 Å². The molecule has 2 aromatic heterocycles. The molecule has 0 atom stereocenters. The van der Waals surface area contributed by atoms with Gasteiger partial charge in [0, 0.05) is 31.2 Å². The van der Waals surface area contributed by atoms with Crippen LogP contribution in [-0.4, -0.2) is 31.9 Å². The van der Waals surface area contributed by atoms with Crippen LogP contribution in [-0.2, 0) is 17.9 Å². The van der Waals surface area contributed by atoms with E-state index in [1.807, 2.05) is 43.5 Å². The fraction of sp³-hybridized carbons (Fsp3) is 0.227. The van der Waals surface area contributed by atoms with Gasteiger partial charge in [-0.25, -0.2) is 4.98 Å². The first-order valence-electron chi connectivity index (χ1n) is 9.45. The zero-order valence-corrected chi connectivity index (χ0v) is 15.8. The number of nitrogens with zero attached hydrogens (tertiary/aromatic N) is 3. The molecular formula is C22H22N4O2. The summed E-state index contributed by atoms with van der Waals surface area (Å²) in [4.78, 5) is 34.0. The maximum absolute atomic E-state index is 12.8. The summed E-state index contributed by atoms with van der Waals surface area (Å²) >= 11 is 0. The summed E-state index contributed by atoms with van der Waals surface area (Å²) in [6.07, 6.45) is 2.40. The third kappa shape index (κ3) is 3.53. The molecule has 142 valence electrons. The van der Waals surface area contributed by atoms with Crippen molar-refractivity contribution in [2.24, 2.45) is 0 Å². The van der Waals surface area contributed by atoms with Gasteiger partial charge in [-0.15, -0.1) is 0 Å². The monoisotopic (exact) mass is 374 g/mol. The molecule has 6 heteroatoms. The Balaban J connectivity index is 1.48. The van der Waals surface area contributed by atoms with Crippen LogP contribution in [0.2, 0.25) is 0 Å². The lowest BCUT2D eigenvalue weighted by Crippen LogP contribution is -2.32. The molecule has 2 heterocycles. The Bertz CT molecular complexity index is 1190. The number of amides is 1. The summed E-state index contributed by atoms with van der Waals surface area (Å²) in [6, 6.07) is 17.4. The Hall–Kier alpha value is -3.41.